The molecule has 0 unspecified atom stereocenters. The molecule has 3 aromatic heterocycles. The number of nitrogens with one attached hydrogen (secondary N) is 1. The van der Waals surface area contributed by atoms with Gasteiger partial charge in [0.2, 0.25) is 5.91 Å². The lowest BCUT2D eigenvalue weighted by Crippen LogP contribution is -2.39. The van der Waals surface area contributed by atoms with Crippen molar-refractivity contribution in [1.29, 1.82) is 0 Å². The minimum absolute atomic E-state index is 0.102. The van der Waals surface area contributed by atoms with Crippen LogP contribution < -0.4 is 20.7 Å². The summed E-state index contributed by atoms with van der Waals surface area (Å²) in [7, 11) is 1.59. The van der Waals surface area contributed by atoms with E-state index in [0.717, 1.165) is 33.2 Å². The lowest BCUT2D eigenvalue weighted by molar-refractivity contribution is -0.122. The predicted molar refractivity (Wildman–Crippen MR) is 136 cm³/mol. The van der Waals surface area contributed by atoms with Crippen LogP contribution in [0.25, 0.3) is 21.8 Å². The number of anilines is 2. The molecule has 4 aromatic rings. The number of halogens is 1. The number of fused-ring (bicyclic) bond motifs is 3. The molecule has 0 spiro atoms. The minimum atomic E-state index is -0.242. The van der Waals surface area contributed by atoms with Crippen LogP contribution in [0.5, 0.6) is 5.75 Å². The molecule has 1 aliphatic heterocycles. The highest BCUT2D eigenvalue weighted by Crippen LogP contribution is 2.35. The lowest BCUT2D eigenvalue weighted by atomic mass is 9.96. The Balaban J connectivity index is 1.54. The number of ether oxygens (including phenoxy) is 1. The normalized spacial score (nSPS) is 14.5. The fourth-order valence-electron chi connectivity index (χ4n) is 4.62. The molecule has 4 heterocycles. The number of rotatable bonds is 7. The van der Waals surface area contributed by atoms with Crippen LogP contribution in [0.3, 0.4) is 0 Å². The van der Waals surface area contributed by atoms with Crippen molar-refractivity contribution in [3.8, 4) is 5.75 Å². The maximum Gasteiger partial charge on any atom is 0.220 e. The van der Waals surface area contributed by atoms with Crippen LogP contribution in [0, 0.1) is 5.92 Å². The average molecular weight is 495 g/mol. The van der Waals surface area contributed by atoms with E-state index in [0.29, 0.717) is 55.6 Å². The van der Waals surface area contributed by atoms with Gasteiger partial charge in [0.25, 0.3) is 0 Å². The Labute approximate surface area is 207 Å². The van der Waals surface area contributed by atoms with E-state index in [2.05, 4.69) is 25.5 Å². The zero-order chi connectivity index (χ0) is 24.5. The Morgan fingerprint density at radius 2 is 2.03 bits per heavy atom. The Morgan fingerprint density at radius 3 is 2.71 bits per heavy atom. The standard InChI is InChI=1S/C24H27ClN8O2/c1-3-33-23-17(13-29-33)20-16(12-28-23)24(32-8-6-15(7-9-32)21(26)34)31-30-22(20)27-11-14-4-5-19(35-2)18(25)10-14/h4-5,10,12-13,15H,3,6-9,11H2,1-2H3,(H2,26,34)(H,27,30). The minimum Gasteiger partial charge on any atom is -0.495 e. The van der Waals surface area contributed by atoms with Gasteiger partial charge in [0.05, 0.1) is 23.7 Å². The number of hydrogen-bond donors (Lipinski definition) is 2. The molecule has 3 N–H and O–H groups in total. The quantitative estimate of drug-likeness (QED) is 0.400. The zero-order valence-electron chi connectivity index (χ0n) is 19.7. The van der Waals surface area contributed by atoms with E-state index in [9.17, 15) is 4.79 Å². The Hall–Kier alpha value is -3.66. The first-order chi connectivity index (χ1) is 17.0. The van der Waals surface area contributed by atoms with E-state index < -0.39 is 0 Å². The molecule has 1 aliphatic rings. The molecule has 0 aliphatic carbocycles. The topological polar surface area (TPSA) is 124 Å². The van der Waals surface area contributed by atoms with Crippen molar-refractivity contribution in [1.82, 2.24) is 25.0 Å². The number of primary amides is 1. The van der Waals surface area contributed by atoms with Crippen molar-refractivity contribution in [2.45, 2.75) is 32.9 Å². The third kappa shape index (κ3) is 4.29. The number of piperidine rings is 1. The maximum absolute atomic E-state index is 11.6. The summed E-state index contributed by atoms with van der Waals surface area (Å²) in [5.41, 5.74) is 7.30. The molecule has 1 aromatic carbocycles. The highest BCUT2D eigenvalue weighted by Gasteiger charge is 2.26. The predicted octanol–water partition coefficient (Wildman–Crippen LogP) is 3.37. The van der Waals surface area contributed by atoms with Crippen molar-refractivity contribution in [3.05, 3.63) is 41.2 Å². The average Bonchev–Trinajstić information content (AvgIpc) is 3.30. The number of aryl methyl sites for hydroxylation is 1. The first-order valence-corrected chi connectivity index (χ1v) is 12.0. The Kier molecular flexibility index (Phi) is 6.29. The van der Waals surface area contributed by atoms with Crippen molar-refractivity contribution in [2.75, 3.05) is 30.4 Å². The van der Waals surface area contributed by atoms with Gasteiger partial charge in [-0.3, -0.25) is 4.79 Å². The third-order valence-electron chi connectivity index (χ3n) is 6.56. The van der Waals surface area contributed by atoms with Gasteiger partial charge in [-0.05, 0) is 37.5 Å². The van der Waals surface area contributed by atoms with Gasteiger partial charge < -0.3 is 20.7 Å². The molecule has 11 heteroatoms. The number of methoxy groups -OCH3 is 1. The summed E-state index contributed by atoms with van der Waals surface area (Å²) in [6.07, 6.45) is 5.06. The highest BCUT2D eigenvalue weighted by atomic mass is 35.5. The summed E-state index contributed by atoms with van der Waals surface area (Å²) < 4.78 is 7.11. The van der Waals surface area contributed by atoms with Gasteiger partial charge in [0.1, 0.15) is 5.75 Å². The zero-order valence-corrected chi connectivity index (χ0v) is 20.4. The van der Waals surface area contributed by atoms with E-state index >= 15 is 0 Å². The van der Waals surface area contributed by atoms with E-state index in [1.807, 2.05) is 42.2 Å². The molecular weight excluding hydrogens is 468 g/mol. The van der Waals surface area contributed by atoms with Crippen LogP contribution in [-0.4, -0.2) is 51.1 Å². The molecule has 0 radical (unpaired) electrons. The summed E-state index contributed by atoms with van der Waals surface area (Å²) in [4.78, 5) is 18.5. The number of amides is 1. The molecule has 182 valence electrons. The molecule has 1 fully saturated rings. The molecule has 0 atom stereocenters. The summed E-state index contributed by atoms with van der Waals surface area (Å²) in [6, 6.07) is 5.67. The summed E-state index contributed by atoms with van der Waals surface area (Å²) in [5, 5.41) is 20.3. The van der Waals surface area contributed by atoms with Crippen LogP contribution in [0.4, 0.5) is 11.6 Å². The number of carbonyl (C=O) groups excluding carboxylic acids is 1. The highest BCUT2D eigenvalue weighted by molar-refractivity contribution is 6.32. The monoisotopic (exact) mass is 494 g/mol. The maximum atomic E-state index is 11.6. The second-order valence-corrected chi connectivity index (χ2v) is 9.01. The molecule has 0 bridgehead atoms. The second-order valence-electron chi connectivity index (χ2n) is 8.60. The van der Waals surface area contributed by atoms with Gasteiger partial charge in [-0.2, -0.15) is 5.10 Å². The van der Waals surface area contributed by atoms with E-state index in [-0.39, 0.29) is 11.8 Å². The van der Waals surface area contributed by atoms with Crippen LogP contribution >= 0.6 is 11.6 Å². The van der Waals surface area contributed by atoms with Gasteiger partial charge in [-0.1, -0.05) is 17.7 Å². The molecule has 5 rings (SSSR count). The second kappa shape index (κ2) is 9.53. The van der Waals surface area contributed by atoms with Crippen molar-refractivity contribution in [2.24, 2.45) is 11.7 Å². The molecule has 10 nitrogen and oxygen atoms in total. The van der Waals surface area contributed by atoms with E-state index in [4.69, 9.17) is 27.1 Å². The first-order valence-electron chi connectivity index (χ1n) is 11.6. The largest absolute Gasteiger partial charge is 0.495 e. The third-order valence-corrected chi connectivity index (χ3v) is 6.86. The number of carbonyl (C=O) groups is 1. The molecule has 0 saturated carbocycles. The molecule has 35 heavy (non-hydrogen) atoms. The number of hydrogen-bond acceptors (Lipinski definition) is 8. The van der Waals surface area contributed by atoms with Crippen LogP contribution in [-0.2, 0) is 17.9 Å². The van der Waals surface area contributed by atoms with Crippen molar-refractivity contribution in [3.63, 3.8) is 0 Å². The van der Waals surface area contributed by atoms with Gasteiger partial charge in [-0.15, -0.1) is 10.2 Å². The number of aromatic nitrogens is 5. The summed E-state index contributed by atoms with van der Waals surface area (Å²) >= 11 is 6.31. The van der Waals surface area contributed by atoms with Gasteiger partial charge in [0, 0.05) is 49.1 Å². The molecule has 1 saturated heterocycles. The van der Waals surface area contributed by atoms with Gasteiger partial charge in [-0.25, -0.2) is 9.67 Å². The van der Waals surface area contributed by atoms with E-state index in [1.165, 1.54) is 0 Å². The van der Waals surface area contributed by atoms with Crippen LogP contribution in [0.1, 0.15) is 25.3 Å². The van der Waals surface area contributed by atoms with Gasteiger partial charge >= 0.3 is 0 Å². The number of nitrogens with two attached hydrogens (primary N) is 1. The van der Waals surface area contributed by atoms with Crippen LogP contribution in [0.15, 0.2) is 30.6 Å². The fourth-order valence-corrected chi connectivity index (χ4v) is 4.90. The van der Waals surface area contributed by atoms with Crippen molar-refractivity contribution >= 4 is 50.9 Å². The molecule has 1 amide bonds. The Morgan fingerprint density at radius 1 is 1.23 bits per heavy atom. The van der Waals surface area contributed by atoms with E-state index in [1.54, 1.807) is 7.11 Å². The summed E-state index contributed by atoms with van der Waals surface area (Å²) in [6.45, 7) is 4.61. The fraction of sp³-hybridized carbons (Fsp3) is 0.375. The Bertz CT molecular complexity index is 1400. The number of nitrogens with zero attached hydrogens (tertiary/aromatic N) is 6. The smallest absolute Gasteiger partial charge is 0.220 e. The van der Waals surface area contributed by atoms with Crippen LogP contribution in [0.2, 0.25) is 5.02 Å². The number of benzene rings is 1. The van der Waals surface area contributed by atoms with Crippen molar-refractivity contribution < 1.29 is 9.53 Å². The SMILES string of the molecule is CCn1ncc2c3c(NCc4ccc(OC)c(Cl)c4)nnc(N4CCC(C(N)=O)CC4)c3cnc21. The van der Waals surface area contributed by atoms with Gasteiger partial charge in [0.15, 0.2) is 17.3 Å². The lowest BCUT2D eigenvalue weighted by Gasteiger charge is -2.31. The number of pyridine rings is 1. The molecular formula is C24H27ClN8O2. The first kappa shape index (κ1) is 23.1. The summed E-state index contributed by atoms with van der Waals surface area (Å²) in [5.74, 6) is 1.68.